The number of nitrogens with two attached hydrogens (primary N) is 1. The number of nitrogen functional groups attached to an aromatic ring is 1. The van der Waals surface area contributed by atoms with Crippen LogP contribution in [0, 0.1) is 0 Å². The third-order valence-corrected chi connectivity index (χ3v) is 2.29. The number of rotatable bonds is 3. The second-order valence-corrected chi connectivity index (χ2v) is 3.53. The van der Waals surface area contributed by atoms with Gasteiger partial charge in [-0.1, -0.05) is 6.92 Å². The van der Waals surface area contributed by atoms with E-state index in [0.717, 1.165) is 0 Å². The summed E-state index contributed by atoms with van der Waals surface area (Å²) in [6.45, 7) is 1.89. The van der Waals surface area contributed by atoms with Crippen molar-refractivity contribution >= 4 is 17.6 Å². The molecule has 1 heterocycles. The number of hydrogen-bond acceptors (Lipinski definition) is 4. The molecule has 0 unspecified atom stereocenters. The lowest BCUT2D eigenvalue weighted by Gasteiger charge is -2.03. The van der Waals surface area contributed by atoms with Crippen LogP contribution in [0.5, 0.6) is 0 Å². The second-order valence-electron chi connectivity index (χ2n) is 2.66. The van der Waals surface area contributed by atoms with Gasteiger partial charge in [0.1, 0.15) is 11.6 Å². The number of nitrogens with one attached hydrogen (secondary N) is 1. The third-order valence-electron chi connectivity index (χ3n) is 1.73. The van der Waals surface area contributed by atoms with Gasteiger partial charge in [0.25, 0.3) is 5.56 Å². The Bertz CT molecular complexity index is 348. The molecule has 0 fully saturated rings. The Morgan fingerprint density at radius 3 is 2.77 bits per heavy atom. The largest absolute Gasteiger partial charge is 0.383 e. The molecule has 72 valence electrons. The fourth-order valence-corrected chi connectivity index (χ4v) is 1.52. The minimum Gasteiger partial charge on any atom is -0.383 e. The summed E-state index contributed by atoms with van der Waals surface area (Å²) in [5, 5.41) is 0. The zero-order chi connectivity index (χ0) is 9.84. The third kappa shape index (κ3) is 2.24. The molecule has 4 nitrogen and oxygen atoms in total. The van der Waals surface area contributed by atoms with Gasteiger partial charge in [-0.3, -0.25) is 4.79 Å². The first-order valence-electron chi connectivity index (χ1n) is 4.05. The molecular weight excluding hydrogens is 186 g/mol. The van der Waals surface area contributed by atoms with E-state index in [1.165, 1.54) is 0 Å². The summed E-state index contributed by atoms with van der Waals surface area (Å²) in [4.78, 5) is 18.2. The monoisotopic (exact) mass is 199 g/mol. The lowest BCUT2D eigenvalue weighted by Crippen LogP contribution is -2.18. The zero-order valence-electron chi connectivity index (χ0n) is 7.76. The Kier molecular flexibility index (Phi) is 3.36. The number of hydrogen-bond donors (Lipinski definition) is 2. The van der Waals surface area contributed by atoms with Crippen LogP contribution in [0.15, 0.2) is 4.79 Å². The summed E-state index contributed by atoms with van der Waals surface area (Å²) in [5.74, 6) is 1.69. The van der Waals surface area contributed by atoms with Crippen molar-refractivity contribution in [2.45, 2.75) is 19.1 Å². The Morgan fingerprint density at radius 2 is 2.31 bits per heavy atom. The first kappa shape index (κ1) is 10.1. The van der Waals surface area contributed by atoms with Gasteiger partial charge in [0.2, 0.25) is 0 Å². The summed E-state index contributed by atoms with van der Waals surface area (Å²) in [5.41, 5.74) is 6.08. The van der Waals surface area contributed by atoms with Crippen LogP contribution in [0.4, 0.5) is 5.82 Å². The van der Waals surface area contributed by atoms with Crippen molar-refractivity contribution in [3.8, 4) is 0 Å². The van der Waals surface area contributed by atoms with E-state index >= 15 is 0 Å². The molecule has 1 rings (SSSR count). The Labute approximate surface area is 81.0 Å². The second kappa shape index (κ2) is 4.32. The predicted molar refractivity (Wildman–Crippen MR) is 55.9 cm³/mol. The highest BCUT2D eigenvalue weighted by molar-refractivity contribution is 7.97. The average Bonchev–Trinajstić information content (AvgIpc) is 2.04. The maximum absolute atomic E-state index is 11.4. The molecule has 0 spiro atoms. The molecular formula is C8H13N3OS. The van der Waals surface area contributed by atoms with Crippen LogP contribution in [0.3, 0.4) is 0 Å². The Balaban J connectivity index is 3.13. The van der Waals surface area contributed by atoms with E-state index in [9.17, 15) is 4.79 Å². The maximum Gasteiger partial charge on any atom is 0.256 e. The summed E-state index contributed by atoms with van der Waals surface area (Å²) >= 11 is 1.60. The van der Waals surface area contributed by atoms with Crippen molar-refractivity contribution < 1.29 is 0 Å². The maximum atomic E-state index is 11.4. The van der Waals surface area contributed by atoms with E-state index < -0.39 is 0 Å². The molecule has 0 bridgehead atoms. The van der Waals surface area contributed by atoms with Crippen LogP contribution >= 0.6 is 11.8 Å². The van der Waals surface area contributed by atoms with Crippen LogP contribution in [0.1, 0.15) is 18.3 Å². The van der Waals surface area contributed by atoms with Gasteiger partial charge in [0.15, 0.2) is 0 Å². The molecule has 0 amide bonds. The molecule has 0 aliphatic heterocycles. The molecule has 0 aromatic carbocycles. The van der Waals surface area contributed by atoms with Gasteiger partial charge in [0.05, 0.1) is 11.3 Å². The van der Waals surface area contributed by atoms with E-state index in [1.807, 2.05) is 13.2 Å². The SMILES string of the molecule is CCc1c(N)nc(CSC)[nH]c1=O. The molecule has 0 aliphatic carbocycles. The average molecular weight is 199 g/mol. The minimum absolute atomic E-state index is 0.112. The van der Waals surface area contributed by atoms with Crippen molar-refractivity contribution in [2.75, 3.05) is 12.0 Å². The standard InChI is InChI=1S/C8H13N3OS/c1-3-5-7(9)10-6(4-13-2)11-8(5)12/h3-4H2,1-2H3,(H3,9,10,11,12). The van der Waals surface area contributed by atoms with Gasteiger partial charge in [-0.25, -0.2) is 4.98 Å². The number of thioether (sulfide) groups is 1. The molecule has 0 saturated heterocycles. The van der Waals surface area contributed by atoms with E-state index in [0.29, 0.717) is 29.4 Å². The molecule has 1 aromatic rings. The highest BCUT2D eigenvalue weighted by Gasteiger charge is 2.05. The molecule has 1 aromatic heterocycles. The summed E-state index contributed by atoms with van der Waals surface area (Å²) in [7, 11) is 0. The van der Waals surface area contributed by atoms with Crippen LogP contribution in [-0.4, -0.2) is 16.2 Å². The van der Waals surface area contributed by atoms with Gasteiger partial charge in [-0.2, -0.15) is 11.8 Å². The lowest BCUT2D eigenvalue weighted by molar-refractivity contribution is 0.954. The van der Waals surface area contributed by atoms with Crippen molar-refractivity contribution in [1.82, 2.24) is 9.97 Å². The van der Waals surface area contributed by atoms with Gasteiger partial charge in [-0.05, 0) is 12.7 Å². The van der Waals surface area contributed by atoms with Crippen molar-refractivity contribution in [1.29, 1.82) is 0 Å². The molecule has 3 N–H and O–H groups in total. The van der Waals surface area contributed by atoms with E-state index in [2.05, 4.69) is 9.97 Å². The van der Waals surface area contributed by atoms with Gasteiger partial charge in [0, 0.05) is 0 Å². The zero-order valence-corrected chi connectivity index (χ0v) is 8.57. The normalized spacial score (nSPS) is 10.3. The quantitative estimate of drug-likeness (QED) is 0.754. The Morgan fingerprint density at radius 1 is 1.62 bits per heavy atom. The van der Waals surface area contributed by atoms with Gasteiger partial charge < -0.3 is 10.7 Å². The lowest BCUT2D eigenvalue weighted by atomic mass is 10.2. The molecule has 0 saturated carbocycles. The van der Waals surface area contributed by atoms with E-state index in [4.69, 9.17) is 5.73 Å². The number of anilines is 1. The smallest absolute Gasteiger partial charge is 0.256 e. The summed E-state index contributed by atoms with van der Waals surface area (Å²) in [6, 6.07) is 0. The highest BCUT2D eigenvalue weighted by atomic mass is 32.2. The van der Waals surface area contributed by atoms with Crippen LogP contribution < -0.4 is 11.3 Å². The van der Waals surface area contributed by atoms with E-state index in [1.54, 1.807) is 11.8 Å². The number of H-pyrrole nitrogens is 1. The summed E-state index contributed by atoms with van der Waals surface area (Å²) < 4.78 is 0. The Hall–Kier alpha value is -0.970. The fraction of sp³-hybridized carbons (Fsp3) is 0.500. The predicted octanol–water partition coefficient (Wildman–Crippen LogP) is 0.778. The number of aromatic nitrogens is 2. The van der Waals surface area contributed by atoms with Crippen molar-refractivity contribution in [3.05, 3.63) is 21.7 Å². The van der Waals surface area contributed by atoms with Gasteiger partial charge >= 0.3 is 0 Å². The highest BCUT2D eigenvalue weighted by Crippen LogP contribution is 2.07. The fourth-order valence-electron chi connectivity index (χ4n) is 1.11. The molecule has 13 heavy (non-hydrogen) atoms. The molecule has 0 aliphatic rings. The van der Waals surface area contributed by atoms with Crippen LogP contribution in [0.25, 0.3) is 0 Å². The van der Waals surface area contributed by atoms with Crippen molar-refractivity contribution in [2.24, 2.45) is 0 Å². The van der Waals surface area contributed by atoms with Crippen LogP contribution in [-0.2, 0) is 12.2 Å². The van der Waals surface area contributed by atoms with Crippen molar-refractivity contribution in [3.63, 3.8) is 0 Å². The summed E-state index contributed by atoms with van der Waals surface area (Å²) in [6.07, 6.45) is 2.57. The topological polar surface area (TPSA) is 71.8 Å². The number of aromatic amines is 1. The first-order chi connectivity index (χ1) is 6.19. The molecule has 5 heteroatoms. The number of nitrogens with zero attached hydrogens (tertiary/aromatic N) is 1. The van der Waals surface area contributed by atoms with E-state index in [-0.39, 0.29) is 5.56 Å². The molecule has 0 radical (unpaired) electrons. The van der Waals surface area contributed by atoms with Gasteiger partial charge in [-0.15, -0.1) is 0 Å². The molecule has 0 atom stereocenters. The first-order valence-corrected chi connectivity index (χ1v) is 5.44. The minimum atomic E-state index is -0.112. The van der Waals surface area contributed by atoms with Crippen LogP contribution in [0.2, 0.25) is 0 Å².